The minimum atomic E-state index is -3.88. The van der Waals surface area contributed by atoms with Gasteiger partial charge in [0.25, 0.3) is 0 Å². The Kier molecular flexibility index (Phi) is 4.62. The van der Waals surface area contributed by atoms with Crippen LogP contribution in [-0.2, 0) is 14.8 Å². The first-order valence-corrected chi connectivity index (χ1v) is 9.43. The van der Waals surface area contributed by atoms with Gasteiger partial charge in [-0.15, -0.1) is 0 Å². The Balaban J connectivity index is 1.77. The number of hydrogen-bond donors (Lipinski definition) is 1. The molecule has 0 unspecified atom stereocenters. The van der Waals surface area contributed by atoms with E-state index in [9.17, 15) is 17.6 Å². The van der Waals surface area contributed by atoms with Crippen LogP contribution in [0.5, 0.6) is 0 Å². The van der Waals surface area contributed by atoms with Gasteiger partial charge in [0.15, 0.2) is 0 Å². The Morgan fingerprint density at radius 2 is 1.76 bits per heavy atom. The molecule has 2 aromatic rings. The maximum absolute atomic E-state index is 13.0. The van der Waals surface area contributed by atoms with Crippen LogP contribution in [0.15, 0.2) is 47.4 Å². The molecule has 0 aliphatic carbocycles. The fraction of sp³-hybridized carbons (Fsp3) is 0.278. The highest BCUT2D eigenvalue weighted by atomic mass is 32.2. The van der Waals surface area contributed by atoms with Crippen LogP contribution >= 0.6 is 0 Å². The maximum Gasteiger partial charge on any atom is 0.245 e. The predicted molar refractivity (Wildman–Crippen MR) is 93.4 cm³/mol. The second kappa shape index (κ2) is 6.57. The van der Waals surface area contributed by atoms with E-state index in [2.05, 4.69) is 4.72 Å². The Morgan fingerprint density at radius 1 is 1.08 bits per heavy atom. The highest BCUT2D eigenvalue weighted by molar-refractivity contribution is 7.89. The van der Waals surface area contributed by atoms with Crippen LogP contribution in [0.3, 0.4) is 0 Å². The van der Waals surface area contributed by atoms with Gasteiger partial charge in [-0.2, -0.15) is 4.72 Å². The standard InChI is InChI=1S/C18H19FN2O3S/c1-12-3-6-15(11-13(12)2)21-10-9-17(18(21)22)20-25(23,24)16-7-4-14(19)5-8-16/h3-8,11,17,20H,9-10H2,1-2H3/t17-/m1/s1. The second-order valence-corrected chi connectivity index (χ2v) is 7.89. The predicted octanol–water partition coefficient (Wildman–Crippen LogP) is 2.53. The van der Waals surface area contributed by atoms with Crippen LogP contribution in [0.4, 0.5) is 10.1 Å². The molecule has 1 aliphatic rings. The van der Waals surface area contributed by atoms with E-state index in [1.54, 1.807) is 4.90 Å². The number of benzene rings is 2. The zero-order valence-electron chi connectivity index (χ0n) is 14.0. The summed E-state index contributed by atoms with van der Waals surface area (Å²) in [6.07, 6.45) is 0.381. The third kappa shape index (κ3) is 3.57. The van der Waals surface area contributed by atoms with Crippen molar-refractivity contribution < 1.29 is 17.6 Å². The Labute approximate surface area is 146 Å². The smallest absolute Gasteiger partial charge is 0.245 e. The number of nitrogens with one attached hydrogen (secondary N) is 1. The Bertz CT molecular complexity index is 910. The molecule has 3 rings (SSSR count). The molecule has 1 heterocycles. The summed E-state index contributed by atoms with van der Waals surface area (Å²) >= 11 is 0. The van der Waals surface area contributed by atoms with Crippen molar-refractivity contribution in [1.29, 1.82) is 0 Å². The summed E-state index contributed by atoms with van der Waals surface area (Å²) in [4.78, 5) is 14.1. The van der Waals surface area contributed by atoms with Crippen LogP contribution in [0.1, 0.15) is 17.5 Å². The zero-order chi connectivity index (χ0) is 18.2. The first-order chi connectivity index (χ1) is 11.8. The summed E-state index contributed by atoms with van der Waals surface area (Å²) in [5.41, 5.74) is 2.96. The van der Waals surface area contributed by atoms with Crippen molar-refractivity contribution in [3.63, 3.8) is 0 Å². The number of anilines is 1. The molecular formula is C18H19FN2O3S. The van der Waals surface area contributed by atoms with Gasteiger partial charge in [0.1, 0.15) is 11.9 Å². The highest BCUT2D eigenvalue weighted by Crippen LogP contribution is 2.25. The third-order valence-corrected chi connectivity index (χ3v) is 5.92. The van der Waals surface area contributed by atoms with Crippen LogP contribution in [0.2, 0.25) is 0 Å². The van der Waals surface area contributed by atoms with Crippen molar-refractivity contribution in [1.82, 2.24) is 4.72 Å². The molecule has 7 heteroatoms. The van der Waals surface area contributed by atoms with Gasteiger partial charge in [0, 0.05) is 12.2 Å². The average molecular weight is 362 g/mol. The molecular weight excluding hydrogens is 343 g/mol. The molecule has 25 heavy (non-hydrogen) atoms. The van der Waals surface area contributed by atoms with Gasteiger partial charge in [-0.25, -0.2) is 12.8 Å². The van der Waals surface area contributed by atoms with E-state index < -0.39 is 21.9 Å². The van der Waals surface area contributed by atoms with Crippen LogP contribution in [0.25, 0.3) is 0 Å². The van der Waals surface area contributed by atoms with E-state index in [1.165, 1.54) is 12.1 Å². The van der Waals surface area contributed by atoms with Crippen molar-refractivity contribution in [2.24, 2.45) is 0 Å². The molecule has 1 fully saturated rings. The molecule has 1 saturated heterocycles. The molecule has 1 N–H and O–H groups in total. The number of carbonyl (C=O) groups excluding carboxylic acids is 1. The summed E-state index contributed by atoms with van der Waals surface area (Å²) in [6, 6.07) is 9.40. The van der Waals surface area contributed by atoms with Crippen molar-refractivity contribution in [2.75, 3.05) is 11.4 Å². The lowest BCUT2D eigenvalue weighted by molar-refractivity contribution is -0.118. The topological polar surface area (TPSA) is 66.5 Å². The molecule has 1 amide bonds. The molecule has 0 aromatic heterocycles. The number of sulfonamides is 1. The van der Waals surface area contributed by atoms with E-state index in [4.69, 9.17) is 0 Å². The molecule has 5 nitrogen and oxygen atoms in total. The van der Waals surface area contributed by atoms with Gasteiger partial charge in [0.05, 0.1) is 4.90 Å². The third-order valence-electron chi connectivity index (χ3n) is 4.43. The van der Waals surface area contributed by atoms with Gasteiger partial charge < -0.3 is 4.90 Å². The number of carbonyl (C=O) groups is 1. The number of nitrogens with zero attached hydrogens (tertiary/aromatic N) is 1. The van der Waals surface area contributed by atoms with Gasteiger partial charge in [-0.05, 0) is 67.8 Å². The van der Waals surface area contributed by atoms with Gasteiger partial charge in [0.2, 0.25) is 15.9 Å². The number of amides is 1. The number of aryl methyl sites for hydroxylation is 2. The molecule has 0 bridgehead atoms. The van der Waals surface area contributed by atoms with Crippen molar-refractivity contribution in [3.8, 4) is 0 Å². The fourth-order valence-electron chi connectivity index (χ4n) is 2.81. The fourth-order valence-corrected chi connectivity index (χ4v) is 4.03. The molecule has 0 spiro atoms. The molecule has 0 saturated carbocycles. The number of hydrogen-bond acceptors (Lipinski definition) is 3. The monoisotopic (exact) mass is 362 g/mol. The van der Waals surface area contributed by atoms with Crippen molar-refractivity contribution >= 4 is 21.6 Å². The van der Waals surface area contributed by atoms with E-state index in [0.29, 0.717) is 13.0 Å². The zero-order valence-corrected chi connectivity index (χ0v) is 14.8. The second-order valence-electron chi connectivity index (χ2n) is 6.17. The van der Waals surface area contributed by atoms with Crippen molar-refractivity contribution in [2.45, 2.75) is 31.2 Å². The minimum Gasteiger partial charge on any atom is -0.311 e. The summed E-state index contributed by atoms with van der Waals surface area (Å²) in [5, 5.41) is 0. The maximum atomic E-state index is 13.0. The molecule has 1 atom stereocenters. The molecule has 2 aromatic carbocycles. The minimum absolute atomic E-state index is 0.0636. The van der Waals surface area contributed by atoms with Crippen LogP contribution < -0.4 is 9.62 Å². The van der Waals surface area contributed by atoms with Gasteiger partial charge in [-0.3, -0.25) is 4.79 Å². The van der Waals surface area contributed by atoms with E-state index in [-0.39, 0.29) is 10.8 Å². The van der Waals surface area contributed by atoms with Crippen molar-refractivity contribution in [3.05, 3.63) is 59.4 Å². The average Bonchev–Trinajstić information content (AvgIpc) is 2.91. The summed E-state index contributed by atoms with van der Waals surface area (Å²) in [6.45, 7) is 4.40. The highest BCUT2D eigenvalue weighted by Gasteiger charge is 2.35. The number of rotatable bonds is 4. The Morgan fingerprint density at radius 3 is 2.40 bits per heavy atom. The molecule has 132 valence electrons. The largest absolute Gasteiger partial charge is 0.311 e. The summed E-state index contributed by atoms with van der Waals surface area (Å²) < 4.78 is 40.2. The Hall–Kier alpha value is -2.25. The van der Waals surface area contributed by atoms with Crippen LogP contribution in [0, 0.1) is 19.7 Å². The molecule has 1 aliphatic heterocycles. The lowest BCUT2D eigenvalue weighted by Crippen LogP contribution is -2.41. The van der Waals surface area contributed by atoms with Gasteiger partial charge >= 0.3 is 0 Å². The van der Waals surface area contributed by atoms with Gasteiger partial charge in [-0.1, -0.05) is 6.07 Å². The van der Waals surface area contributed by atoms with Crippen LogP contribution in [-0.4, -0.2) is 26.9 Å². The quantitative estimate of drug-likeness (QED) is 0.909. The first kappa shape index (κ1) is 17.6. The van der Waals surface area contributed by atoms with E-state index >= 15 is 0 Å². The SMILES string of the molecule is Cc1ccc(N2CC[C@@H](NS(=O)(=O)c3ccc(F)cc3)C2=O)cc1C. The summed E-state index contributed by atoms with van der Waals surface area (Å²) in [5.74, 6) is -0.800. The normalized spacial score (nSPS) is 18.0. The summed E-state index contributed by atoms with van der Waals surface area (Å²) in [7, 11) is -3.88. The molecule has 0 radical (unpaired) electrons. The van der Waals surface area contributed by atoms with E-state index in [0.717, 1.165) is 28.9 Å². The lowest BCUT2D eigenvalue weighted by atomic mass is 10.1. The first-order valence-electron chi connectivity index (χ1n) is 7.94. The lowest BCUT2D eigenvalue weighted by Gasteiger charge is -2.18. The van der Waals surface area contributed by atoms with E-state index in [1.807, 2.05) is 32.0 Å². The number of halogens is 1.